The molecular weight excluding hydrogens is 528 g/mol. The Balaban J connectivity index is 1.24. The topological polar surface area (TPSA) is 61.4 Å². The van der Waals surface area contributed by atoms with Crippen LogP contribution in [0.25, 0.3) is 0 Å². The highest BCUT2D eigenvalue weighted by Gasteiger charge is 2.64. The smallest absolute Gasteiger partial charge is 0.149 e. The molecule has 3 saturated carbocycles. The van der Waals surface area contributed by atoms with Gasteiger partial charge in [-0.1, -0.05) is 92.7 Å². The van der Waals surface area contributed by atoms with E-state index in [1.54, 1.807) is 18.2 Å². The molecule has 0 N–H and O–H groups in total. The number of hydrogen-bond donors (Lipinski definition) is 0. The van der Waals surface area contributed by atoms with Crippen molar-refractivity contribution in [2.24, 2.45) is 63.6 Å². The van der Waals surface area contributed by atoms with Gasteiger partial charge in [0.05, 0.1) is 0 Å². The van der Waals surface area contributed by atoms with Crippen LogP contribution in [0.1, 0.15) is 132 Å². The van der Waals surface area contributed by atoms with Gasteiger partial charge in [-0.25, -0.2) is 19.3 Å². The molecule has 4 aliphatic rings. The number of fused-ring (bicyclic) bond motifs is 5. The van der Waals surface area contributed by atoms with Crippen molar-refractivity contribution in [2.75, 3.05) is 0 Å². The molecule has 4 aliphatic carbocycles. The lowest BCUT2D eigenvalue weighted by Crippen LogP contribution is -2.55. The Labute approximate surface area is 261 Å². The molecule has 4 unspecified atom stereocenters. The van der Waals surface area contributed by atoms with Crippen LogP contribution in [0.2, 0.25) is 0 Å². The fourth-order valence-electron chi connectivity index (χ4n) is 11.7. The summed E-state index contributed by atoms with van der Waals surface area (Å²) in [5.74, 6) is 5.93. The van der Waals surface area contributed by atoms with E-state index in [1.807, 2.05) is 22.0 Å². The SMILES string of the molecule is CCC1CC(C(C)C(n2cncn2)n2cncn2)CC2=CC[C@@H]3[C@@H]4CC[C@](C)(C(C)CCCC(C)C)[C@@]4(C)CC[C@@H]3[C@]21C. The van der Waals surface area contributed by atoms with Crippen LogP contribution < -0.4 is 0 Å². The average molecular weight is 589 g/mol. The second-order valence-corrected chi connectivity index (χ2v) is 16.6. The van der Waals surface area contributed by atoms with Gasteiger partial charge in [-0.15, -0.1) is 0 Å². The molecule has 10 atom stereocenters. The van der Waals surface area contributed by atoms with Gasteiger partial charge in [-0.3, -0.25) is 0 Å². The van der Waals surface area contributed by atoms with Crippen LogP contribution in [-0.4, -0.2) is 29.5 Å². The first-order valence-electron chi connectivity index (χ1n) is 17.9. The standard InChI is InChI=1S/C37H60N6/c1-9-29-19-28(27(5)34(42-23-38-21-40-42)43-24-39-22-41-43)20-30-13-14-31-32-15-17-35(6,26(4)12-10-11-25(2)3)36(32,7)18-16-33(31)37(29,30)8/h13,21-29,31-34H,9-12,14-20H2,1-8H3/t26?,27?,28?,29?,31-,32+,33+,35-,36+,37+/m1/s1. The highest BCUT2D eigenvalue weighted by molar-refractivity contribution is 5.27. The van der Waals surface area contributed by atoms with Crippen molar-refractivity contribution in [3.05, 3.63) is 37.0 Å². The summed E-state index contributed by atoms with van der Waals surface area (Å²) in [5, 5.41) is 9.13. The minimum atomic E-state index is 0.00267. The van der Waals surface area contributed by atoms with E-state index in [2.05, 4.69) is 81.6 Å². The summed E-state index contributed by atoms with van der Waals surface area (Å²) >= 11 is 0. The van der Waals surface area contributed by atoms with Gasteiger partial charge in [0.1, 0.15) is 31.5 Å². The van der Waals surface area contributed by atoms with Gasteiger partial charge in [0, 0.05) is 5.92 Å². The van der Waals surface area contributed by atoms with Crippen LogP contribution in [0, 0.1) is 63.6 Å². The molecule has 0 spiro atoms. The number of aromatic nitrogens is 6. The van der Waals surface area contributed by atoms with Crippen molar-refractivity contribution in [1.82, 2.24) is 29.5 Å². The minimum Gasteiger partial charge on any atom is -0.228 e. The molecule has 6 rings (SSSR count). The van der Waals surface area contributed by atoms with Gasteiger partial charge in [0.15, 0.2) is 0 Å². The molecule has 0 aliphatic heterocycles. The summed E-state index contributed by atoms with van der Waals surface area (Å²) in [5.41, 5.74) is 3.10. The summed E-state index contributed by atoms with van der Waals surface area (Å²) in [6.07, 6.45) is 24.8. The molecular formula is C37H60N6. The molecule has 0 saturated heterocycles. The quantitative estimate of drug-likeness (QED) is 0.260. The first-order valence-corrected chi connectivity index (χ1v) is 17.9. The van der Waals surface area contributed by atoms with Gasteiger partial charge in [-0.05, 0) is 103 Å². The summed E-state index contributed by atoms with van der Waals surface area (Å²) in [6, 6.07) is 0. The van der Waals surface area contributed by atoms with Gasteiger partial charge < -0.3 is 0 Å². The second kappa shape index (κ2) is 11.7. The molecule has 6 heteroatoms. The Kier molecular flexibility index (Phi) is 8.47. The maximum atomic E-state index is 4.56. The fourth-order valence-corrected chi connectivity index (χ4v) is 11.7. The third kappa shape index (κ3) is 4.96. The fraction of sp³-hybridized carbons (Fsp3) is 0.838. The third-order valence-electron chi connectivity index (χ3n) is 14.8. The predicted molar refractivity (Wildman–Crippen MR) is 174 cm³/mol. The molecule has 0 aromatic carbocycles. The molecule has 2 heterocycles. The minimum absolute atomic E-state index is 0.00267. The van der Waals surface area contributed by atoms with Crippen LogP contribution in [-0.2, 0) is 0 Å². The molecule has 6 nitrogen and oxygen atoms in total. The summed E-state index contributed by atoms with van der Waals surface area (Å²) in [7, 11) is 0. The monoisotopic (exact) mass is 588 g/mol. The van der Waals surface area contributed by atoms with E-state index >= 15 is 0 Å². The predicted octanol–water partition coefficient (Wildman–Crippen LogP) is 9.24. The van der Waals surface area contributed by atoms with Gasteiger partial charge in [0.2, 0.25) is 0 Å². The summed E-state index contributed by atoms with van der Waals surface area (Å²) in [4.78, 5) is 8.57. The molecule has 0 amide bonds. The number of nitrogens with zero attached hydrogens (tertiary/aromatic N) is 6. The zero-order valence-electron chi connectivity index (χ0n) is 28.5. The maximum absolute atomic E-state index is 4.56. The normalized spacial score (nSPS) is 38.8. The van der Waals surface area contributed by atoms with E-state index in [4.69, 9.17) is 0 Å². The number of allylic oxidation sites excluding steroid dienone is 2. The molecule has 0 bridgehead atoms. The number of hydrogen-bond acceptors (Lipinski definition) is 4. The van der Waals surface area contributed by atoms with Crippen molar-refractivity contribution in [1.29, 1.82) is 0 Å². The van der Waals surface area contributed by atoms with E-state index in [0.29, 0.717) is 28.1 Å². The second-order valence-electron chi connectivity index (χ2n) is 16.6. The first kappa shape index (κ1) is 31.0. The Morgan fingerprint density at radius 1 is 0.907 bits per heavy atom. The maximum Gasteiger partial charge on any atom is 0.149 e. The summed E-state index contributed by atoms with van der Waals surface area (Å²) < 4.78 is 3.98. The van der Waals surface area contributed by atoms with E-state index < -0.39 is 0 Å². The molecule has 2 aromatic heterocycles. The Bertz CT molecular complexity index is 1200. The van der Waals surface area contributed by atoms with Crippen LogP contribution in [0.4, 0.5) is 0 Å². The molecule has 2 aromatic rings. The van der Waals surface area contributed by atoms with E-state index in [9.17, 15) is 0 Å². The van der Waals surface area contributed by atoms with E-state index in [1.165, 1.54) is 70.6 Å². The highest BCUT2D eigenvalue weighted by Crippen LogP contribution is 2.72. The van der Waals surface area contributed by atoms with Gasteiger partial charge in [0.25, 0.3) is 0 Å². The highest BCUT2D eigenvalue weighted by atomic mass is 15.5. The van der Waals surface area contributed by atoms with Crippen molar-refractivity contribution < 1.29 is 0 Å². The Morgan fingerprint density at radius 2 is 1.58 bits per heavy atom. The van der Waals surface area contributed by atoms with Crippen LogP contribution in [0.15, 0.2) is 37.0 Å². The summed E-state index contributed by atoms with van der Waals surface area (Å²) in [6.45, 7) is 20.4. The van der Waals surface area contributed by atoms with Crippen molar-refractivity contribution in [3.8, 4) is 0 Å². The molecule has 0 radical (unpaired) electrons. The lowest BCUT2D eigenvalue weighted by Gasteiger charge is -2.62. The van der Waals surface area contributed by atoms with E-state index in [0.717, 1.165) is 35.5 Å². The van der Waals surface area contributed by atoms with Gasteiger partial charge >= 0.3 is 0 Å². The molecule has 3 fully saturated rings. The molecule has 238 valence electrons. The zero-order chi connectivity index (χ0) is 30.6. The molecule has 43 heavy (non-hydrogen) atoms. The first-order chi connectivity index (χ1) is 20.5. The lowest BCUT2D eigenvalue weighted by atomic mass is 9.42. The average Bonchev–Trinajstić information content (AvgIpc) is 3.75. The largest absolute Gasteiger partial charge is 0.228 e. The van der Waals surface area contributed by atoms with Crippen LogP contribution in [0.5, 0.6) is 0 Å². The van der Waals surface area contributed by atoms with Crippen molar-refractivity contribution in [3.63, 3.8) is 0 Å². The van der Waals surface area contributed by atoms with Crippen LogP contribution >= 0.6 is 0 Å². The zero-order valence-corrected chi connectivity index (χ0v) is 28.5. The third-order valence-corrected chi connectivity index (χ3v) is 14.8. The lowest BCUT2D eigenvalue weighted by molar-refractivity contribution is -0.101. The Morgan fingerprint density at radius 3 is 2.19 bits per heavy atom. The van der Waals surface area contributed by atoms with Crippen molar-refractivity contribution >= 4 is 0 Å². The number of rotatable bonds is 10. The van der Waals surface area contributed by atoms with Crippen LogP contribution in [0.3, 0.4) is 0 Å². The van der Waals surface area contributed by atoms with E-state index in [-0.39, 0.29) is 6.17 Å². The Hall–Kier alpha value is -1.98. The van der Waals surface area contributed by atoms with Gasteiger partial charge in [-0.2, -0.15) is 10.2 Å². The van der Waals surface area contributed by atoms with Crippen molar-refractivity contribution in [2.45, 2.75) is 132 Å².